The van der Waals surface area contributed by atoms with Crippen LogP contribution in [0.15, 0.2) is 30.5 Å². The fourth-order valence-electron chi connectivity index (χ4n) is 2.16. The lowest BCUT2D eigenvalue weighted by atomic mass is 9.86. The highest BCUT2D eigenvalue weighted by Gasteiger charge is 2.19. The predicted octanol–water partition coefficient (Wildman–Crippen LogP) is 3.59. The third kappa shape index (κ3) is 3.79. The second-order valence-corrected chi connectivity index (χ2v) is 6.14. The van der Waals surface area contributed by atoms with E-state index in [4.69, 9.17) is 4.74 Å². The second-order valence-electron chi connectivity index (χ2n) is 6.14. The lowest BCUT2D eigenvalue weighted by Gasteiger charge is -2.22. The molecule has 21 heavy (non-hydrogen) atoms. The van der Waals surface area contributed by atoms with E-state index in [-0.39, 0.29) is 5.41 Å². The third-order valence-electron chi connectivity index (χ3n) is 3.32. The first-order valence-corrected chi connectivity index (χ1v) is 7.16. The van der Waals surface area contributed by atoms with E-state index in [1.807, 2.05) is 38.4 Å². The lowest BCUT2D eigenvalue weighted by Crippen LogP contribution is -2.13. The Morgan fingerprint density at radius 2 is 1.90 bits per heavy atom. The summed E-state index contributed by atoms with van der Waals surface area (Å²) in [5.74, 6) is 0.811. The molecule has 1 N–H and O–H groups in total. The number of rotatable bonds is 4. The fourth-order valence-corrected chi connectivity index (χ4v) is 2.16. The van der Waals surface area contributed by atoms with Crippen molar-refractivity contribution >= 4 is 0 Å². The van der Waals surface area contributed by atoms with E-state index < -0.39 is 0 Å². The Balaban J connectivity index is 2.29. The molecule has 112 valence electrons. The summed E-state index contributed by atoms with van der Waals surface area (Å²) >= 11 is 0. The number of nitrogens with one attached hydrogen (secondary N) is 1. The van der Waals surface area contributed by atoms with Crippen LogP contribution in [0.3, 0.4) is 0 Å². The molecule has 0 saturated heterocycles. The van der Waals surface area contributed by atoms with Crippen LogP contribution in [0.25, 0.3) is 0 Å². The van der Waals surface area contributed by atoms with E-state index in [0.717, 1.165) is 29.1 Å². The van der Waals surface area contributed by atoms with Gasteiger partial charge < -0.3 is 10.1 Å². The Bertz CT molecular complexity index is 618. The molecule has 0 aliphatic heterocycles. The van der Waals surface area contributed by atoms with Gasteiger partial charge in [-0.1, -0.05) is 39.0 Å². The average molecular weight is 285 g/mol. The van der Waals surface area contributed by atoms with Crippen molar-refractivity contribution in [2.75, 3.05) is 7.05 Å². The first-order valence-electron chi connectivity index (χ1n) is 7.16. The molecule has 0 bridgehead atoms. The fraction of sp³-hybridized carbons (Fsp3) is 0.412. The normalized spacial score (nSPS) is 11.5. The zero-order valence-corrected chi connectivity index (χ0v) is 13.4. The van der Waals surface area contributed by atoms with Crippen molar-refractivity contribution in [3.8, 4) is 11.8 Å². The quantitative estimate of drug-likeness (QED) is 0.932. The van der Waals surface area contributed by atoms with E-state index in [2.05, 4.69) is 42.1 Å². The van der Waals surface area contributed by atoms with Crippen LogP contribution in [0.1, 0.15) is 37.6 Å². The summed E-state index contributed by atoms with van der Waals surface area (Å²) < 4.78 is 5.91. The summed E-state index contributed by atoms with van der Waals surface area (Å²) in [4.78, 5) is 8.74. The summed E-state index contributed by atoms with van der Waals surface area (Å²) in [6.45, 7) is 9.22. The molecule has 0 amide bonds. The molecule has 0 radical (unpaired) electrons. The molecule has 4 heteroatoms. The minimum absolute atomic E-state index is 0.0116. The first kappa shape index (κ1) is 15.4. The molecular formula is C17H23N3O. The highest BCUT2D eigenvalue weighted by atomic mass is 16.5. The number of ether oxygens (including phenoxy) is 1. The Labute approximate surface area is 126 Å². The van der Waals surface area contributed by atoms with Crippen LogP contribution in [-0.4, -0.2) is 17.0 Å². The minimum Gasteiger partial charge on any atom is -0.424 e. The zero-order chi connectivity index (χ0) is 15.5. The number of hydrogen-bond acceptors (Lipinski definition) is 4. The smallest absolute Gasteiger partial charge is 0.322 e. The Morgan fingerprint density at radius 3 is 2.52 bits per heavy atom. The molecule has 0 aliphatic carbocycles. The lowest BCUT2D eigenvalue weighted by molar-refractivity contribution is 0.420. The van der Waals surface area contributed by atoms with Gasteiger partial charge in [-0.05, 0) is 25.5 Å². The zero-order valence-electron chi connectivity index (χ0n) is 13.4. The molecule has 1 heterocycles. The average Bonchev–Trinajstić information content (AvgIpc) is 2.41. The van der Waals surface area contributed by atoms with Crippen LogP contribution in [0.4, 0.5) is 0 Å². The van der Waals surface area contributed by atoms with Crippen molar-refractivity contribution in [2.45, 2.75) is 39.7 Å². The third-order valence-corrected chi connectivity index (χ3v) is 3.32. The van der Waals surface area contributed by atoms with E-state index in [1.165, 1.54) is 0 Å². The summed E-state index contributed by atoms with van der Waals surface area (Å²) in [7, 11) is 1.91. The summed E-state index contributed by atoms with van der Waals surface area (Å²) in [6, 6.07) is 8.42. The monoisotopic (exact) mass is 285 g/mol. The second kappa shape index (κ2) is 6.22. The molecule has 0 spiro atoms. The van der Waals surface area contributed by atoms with Gasteiger partial charge in [-0.3, -0.25) is 0 Å². The summed E-state index contributed by atoms with van der Waals surface area (Å²) in [6.07, 6.45) is 1.81. The molecule has 2 aromatic rings. The van der Waals surface area contributed by atoms with Gasteiger partial charge in [-0.25, -0.2) is 4.98 Å². The molecular weight excluding hydrogens is 262 g/mol. The van der Waals surface area contributed by atoms with Gasteiger partial charge in [-0.2, -0.15) is 4.98 Å². The maximum atomic E-state index is 5.91. The largest absolute Gasteiger partial charge is 0.424 e. The van der Waals surface area contributed by atoms with Crippen molar-refractivity contribution in [1.82, 2.24) is 15.3 Å². The first-order chi connectivity index (χ1) is 9.91. The van der Waals surface area contributed by atoms with Gasteiger partial charge in [0, 0.05) is 29.6 Å². The molecule has 1 aromatic heterocycles. The van der Waals surface area contributed by atoms with Gasteiger partial charge in [0.15, 0.2) is 0 Å². The van der Waals surface area contributed by atoms with Gasteiger partial charge in [-0.15, -0.1) is 0 Å². The highest BCUT2D eigenvalue weighted by Crippen LogP contribution is 2.32. The Morgan fingerprint density at radius 1 is 1.19 bits per heavy atom. The molecule has 0 unspecified atom stereocenters. The minimum atomic E-state index is 0.0116. The number of aromatic nitrogens is 2. The van der Waals surface area contributed by atoms with Crippen molar-refractivity contribution in [2.24, 2.45) is 0 Å². The van der Waals surface area contributed by atoms with E-state index in [0.29, 0.717) is 6.01 Å². The van der Waals surface area contributed by atoms with Gasteiger partial charge >= 0.3 is 6.01 Å². The summed E-state index contributed by atoms with van der Waals surface area (Å²) in [5, 5.41) is 3.10. The van der Waals surface area contributed by atoms with Crippen LogP contribution in [-0.2, 0) is 12.0 Å². The van der Waals surface area contributed by atoms with E-state index in [9.17, 15) is 0 Å². The van der Waals surface area contributed by atoms with Gasteiger partial charge in [0.05, 0.1) is 0 Å². The van der Waals surface area contributed by atoms with Crippen LogP contribution < -0.4 is 10.1 Å². The SMILES string of the molecule is CNCc1cnc(Oc2ccccc2C(C)(C)C)nc1C. The topological polar surface area (TPSA) is 47.0 Å². The van der Waals surface area contributed by atoms with Crippen LogP contribution in [0.5, 0.6) is 11.8 Å². The van der Waals surface area contributed by atoms with Crippen LogP contribution >= 0.6 is 0 Å². The number of hydrogen-bond donors (Lipinski definition) is 1. The number of benzene rings is 1. The van der Waals surface area contributed by atoms with Crippen molar-refractivity contribution < 1.29 is 4.74 Å². The number of nitrogens with zero attached hydrogens (tertiary/aromatic N) is 2. The van der Waals surface area contributed by atoms with Crippen molar-refractivity contribution in [3.05, 3.63) is 47.3 Å². The number of para-hydroxylation sites is 1. The Hall–Kier alpha value is -1.94. The van der Waals surface area contributed by atoms with Crippen LogP contribution in [0, 0.1) is 6.92 Å². The maximum Gasteiger partial charge on any atom is 0.322 e. The molecule has 0 fully saturated rings. The Kier molecular flexibility index (Phi) is 4.58. The molecule has 0 aliphatic rings. The number of aryl methyl sites for hydroxylation is 1. The van der Waals surface area contributed by atoms with E-state index in [1.54, 1.807) is 0 Å². The van der Waals surface area contributed by atoms with Gasteiger partial charge in [0.1, 0.15) is 5.75 Å². The highest BCUT2D eigenvalue weighted by molar-refractivity contribution is 5.39. The molecule has 0 atom stereocenters. The van der Waals surface area contributed by atoms with Crippen molar-refractivity contribution in [3.63, 3.8) is 0 Å². The van der Waals surface area contributed by atoms with Gasteiger partial charge in [0.2, 0.25) is 0 Å². The predicted molar refractivity (Wildman–Crippen MR) is 84.7 cm³/mol. The molecule has 1 aromatic carbocycles. The van der Waals surface area contributed by atoms with Gasteiger partial charge in [0.25, 0.3) is 0 Å². The maximum absolute atomic E-state index is 5.91. The molecule has 0 saturated carbocycles. The van der Waals surface area contributed by atoms with Crippen molar-refractivity contribution in [1.29, 1.82) is 0 Å². The van der Waals surface area contributed by atoms with E-state index >= 15 is 0 Å². The van der Waals surface area contributed by atoms with Crippen LogP contribution in [0.2, 0.25) is 0 Å². The molecule has 4 nitrogen and oxygen atoms in total. The molecule has 2 rings (SSSR count). The summed E-state index contributed by atoms with van der Waals surface area (Å²) in [5.41, 5.74) is 3.17. The standard InChI is InChI=1S/C17H23N3O/c1-12-13(10-18-5)11-19-16(20-12)21-15-9-7-6-8-14(15)17(2,3)4/h6-9,11,18H,10H2,1-5H3.